The van der Waals surface area contributed by atoms with Gasteiger partial charge >= 0.3 is 6.18 Å². The van der Waals surface area contributed by atoms with E-state index in [1.807, 2.05) is 0 Å². The van der Waals surface area contributed by atoms with Crippen LogP contribution in [0.4, 0.5) is 13.2 Å². The van der Waals surface area contributed by atoms with Crippen molar-refractivity contribution in [3.05, 3.63) is 64.7 Å². The number of methoxy groups -OCH3 is 1. The standard InChI is InChI=1S/C21H23ClF3NO3S/c1-19(2,3)30(28)26-20(21(23,24)25,15-7-11-17(29-4)12-8-15)13-18(27)14-5-9-16(22)10-6-14/h5-12,26H,13H2,1-4H3/t20-,30?/m0/s1. The van der Waals surface area contributed by atoms with E-state index in [4.69, 9.17) is 16.3 Å². The molecule has 0 amide bonds. The number of alkyl halides is 3. The van der Waals surface area contributed by atoms with Crippen LogP contribution < -0.4 is 9.46 Å². The second kappa shape index (κ2) is 9.08. The molecule has 4 nitrogen and oxygen atoms in total. The average molecular weight is 462 g/mol. The van der Waals surface area contributed by atoms with Crippen molar-refractivity contribution in [3.63, 3.8) is 0 Å². The summed E-state index contributed by atoms with van der Waals surface area (Å²) in [7, 11) is -0.720. The second-order valence-electron chi connectivity index (χ2n) is 7.72. The molecule has 0 aromatic heterocycles. The van der Waals surface area contributed by atoms with E-state index in [0.717, 1.165) is 0 Å². The summed E-state index contributed by atoms with van der Waals surface area (Å²) in [5.74, 6) is -0.408. The molecule has 2 aromatic carbocycles. The number of benzene rings is 2. The summed E-state index contributed by atoms with van der Waals surface area (Å²) >= 11 is 5.81. The van der Waals surface area contributed by atoms with Gasteiger partial charge in [0.2, 0.25) is 0 Å². The van der Waals surface area contributed by atoms with Crippen molar-refractivity contribution in [1.82, 2.24) is 4.72 Å². The molecule has 0 saturated carbocycles. The van der Waals surface area contributed by atoms with Crippen LogP contribution in [0.15, 0.2) is 48.5 Å². The molecular weight excluding hydrogens is 439 g/mol. The molecule has 164 valence electrons. The van der Waals surface area contributed by atoms with Crippen molar-refractivity contribution < 1.29 is 26.9 Å². The minimum Gasteiger partial charge on any atom is -0.497 e. The number of carbonyl (C=O) groups excluding carboxylic acids is 1. The Morgan fingerprint density at radius 3 is 2.00 bits per heavy atom. The molecule has 0 radical (unpaired) electrons. The van der Waals surface area contributed by atoms with Gasteiger partial charge in [-0.15, -0.1) is 0 Å². The third kappa shape index (κ3) is 5.42. The highest BCUT2D eigenvalue weighted by molar-refractivity contribution is 7.84. The molecule has 0 aliphatic rings. The summed E-state index contributed by atoms with van der Waals surface area (Å²) in [6.45, 7) is 4.64. The Hall–Kier alpha value is -1.90. The van der Waals surface area contributed by atoms with Gasteiger partial charge in [-0.25, -0.2) is 8.93 Å². The Kier molecular flexibility index (Phi) is 7.37. The van der Waals surface area contributed by atoms with Gasteiger partial charge in [-0.05, 0) is 62.7 Å². The number of ketones is 1. The van der Waals surface area contributed by atoms with Gasteiger partial charge in [-0.1, -0.05) is 23.7 Å². The zero-order valence-electron chi connectivity index (χ0n) is 17.0. The number of carbonyl (C=O) groups is 1. The minimum absolute atomic E-state index is 0.0740. The molecule has 0 bridgehead atoms. The van der Waals surface area contributed by atoms with Crippen LogP contribution in [-0.4, -0.2) is 28.0 Å². The summed E-state index contributed by atoms with van der Waals surface area (Å²) in [6.07, 6.45) is -5.91. The van der Waals surface area contributed by atoms with Crippen LogP contribution in [0.25, 0.3) is 0 Å². The molecule has 0 heterocycles. The predicted octanol–water partition coefficient (Wildman–Crippen LogP) is 5.43. The fraction of sp³-hybridized carbons (Fsp3) is 0.381. The summed E-state index contributed by atoms with van der Waals surface area (Å²) in [4.78, 5) is 12.8. The molecule has 2 aromatic rings. The van der Waals surface area contributed by atoms with Crippen LogP contribution in [0.2, 0.25) is 5.02 Å². The average Bonchev–Trinajstić information content (AvgIpc) is 2.66. The van der Waals surface area contributed by atoms with Gasteiger partial charge in [0.1, 0.15) is 5.75 Å². The molecule has 0 fully saturated rings. The smallest absolute Gasteiger partial charge is 0.412 e. The number of Topliss-reactive ketones (excluding diaryl/α,β-unsaturated/α-hetero) is 1. The zero-order valence-corrected chi connectivity index (χ0v) is 18.5. The predicted molar refractivity (Wildman–Crippen MR) is 112 cm³/mol. The van der Waals surface area contributed by atoms with Crippen molar-refractivity contribution >= 4 is 28.4 Å². The molecule has 0 aliphatic heterocycles. The Bertz CT molecular complexity index is 909. The lowest BCUT2D eigenvalue weighted by molar-refractivity contribution is -0.193. The van der Waals surface area contributed by atoms with Gasteiger partial charge in [0.05, 0.1) is 22.8 Å². The molecule has 9 heteroatoms. The first-order valence-electron chi connectivity index (χ1n) is 9.00. The highest BCUT2D eigenvalue weighted by Gasteiger charge is 2.58. The fourth-order valence-corrected chi connectivity index (χ4v) is 3.74. The van der Waals surface area contributed by atoms with Crippen molar-refractivity contribution in [2.75, 3.05) is 7.11 Å². The Balaban J connectivity index is 2.61. The van der Waals surface area contributed by atoms with E-state index in [1.165, 1.54) is 55.6 Å². The first-order valence-corrected chi connectivity index (χ1v) is 10.5. The number of hydrogen-bond donors (Lipinski definition) is 1. The van der Waals surface area contributed by atoms with Gasteiger partial charge in [-0.2, -0.15) is 13.2 Å². The SMILES string of the molecule is COc1ccc([C@](CC(=O)c2ccc(Cl)cc2)(NS(=O)C(C)(C)C)C(F)(F)F)cc1. The molecule has 0 spiro atoms. The summed E-state index contributed by atoms with van der Waals surface area (Å²) in [6, 6.07) is 10.7. The van der Waals surface area contributed by atoms with Crippen LogP contribution in [-0.2, 0) is 16.5 Å². The van der Waals surface area contributed by atoms with Crippen LogP contribution in [0.3, 0.4) is 0 Å². The van der Waals surface area contributed by atoms with Gasteiger partial charge in [0.25, 0.3) is 0 Å². The Morgan fingerprint density at radius 2 is 1.57 bits per heavy atom. The lowest BCUT2D eigenvalue weighted by atomic mass is 9.83. The molecule has 2 atom stereocenters. The number of ether oxygens (including phenoxy) is 1. The van der Waals surface area contributed by atoms with Gasteiger partial charge in [0, 0.05) is 17.0 Å². The number of hydrogen-bond acceptors (Lipinski definition) is 3. The topological polar surface area (TPSA) is 55.4 Å². The van der Waals surface area contributed by atoms with Crippen LogP contribution >= 0.6 is 11.6 Å². The maximum atomic E-state index is 14.5. The first-order chi connectivity index (χ1) is 13.8. The Morgan fingerprint density at radius 1 is 1.03 bits per heavy atom. The fourth-order valence-electron chi connectivity index (χ4n) is 2.68. The van der Waals surface area contributed by atoms with Crippen molar-refractivity contribution in [2.24, 2.45) is 0 Å². The van der Waals surface area contributed by atoms with E-state index in [-0.39, 0.29) is 11.1 Å². The second-order valence-corrected chi connectivity index (χ2v) is 10.1. The van der Waals surface area contributed by atoms with Gasteiger partial charge in [-0.3, -0.25) is 4.79 Å². The van der Waals surface area contributed by atoms with Crippen molar-refractivity contribution in [1.29, 1.82) is 0 Å². The van der Waals surface area contributed by atoms with Gasteiger partial charge < -0.3 is 4.74 Å². The van der Waals surface area contributed by atoms with Crippen molar-refractivity contribution in [2.45, 2.75) is 43.7 Å². The number of nitrogens with one attached hydrogen (secondary N) is 1. The number of rotatable bonds is 7. The molecule has 1 N–H and O–H groups in total. The van der Waals surface area contributed by atoms with E-state index < -0.39 is 39.7 Å². The lowest BCUT2D eigenvalue weighted by Crippen LogP contribution is -2.58. The van der Waals surface area contributed by atoms with E-state index in [1.54, 1.807) is 20.8 Å². The molecule has 30 heavy (non-hydrogen) atoms. The van der Waals surface area contributed by atoms with E-state index >= 15 is 0 Å². The summed E-state index contributed by atoms with van der Waals surface area (Å²) in [5, 5.41) is 0.357. The van der Waals surface area contributed by atoms with E-state index in [0.29, 0.717) is 10.8 Å². The highest BCUT2D eigenvalue weighted by atomic mass is 35.5. The van der Waals surface area contributed by atoms with Crippen LogP contribution in [0, 0.1) is 0 Å². The third-order valence-corrected chi connectivity index (χ3v) is 6.38. The van der Waals surface area contributed by atoms with Crippen LogP contribution in [0.1, 0.15) is 43.1 Å². The van der Waals surface area contributed by atoms with E-state index in [2.05, 4.69) is 4.72 Å². The van der Waals surface area contributed by atoms with Crippen LogP contribution in [0.5, 0.6) is 5.75 Å². The zero-order chi connectivity index (χ0) is 22.7. The first kappa shape index (κ1) is 24.4. The lowest BCUT2D eigenvalue weighted by Gasteiger charge is -2.38. The largest absolute Gasteiger partial charge is 0.497 e. The molecule has 0 saturated heterocycles. The highest BCUT2D eigenvalue weighted by Crippen LogP contribution is 2.44. The summed E-state index contributed by atoms with van der Waals surface area (Å²) in [5.41, 5.74) is -3.03. The number of halogens is 4. The molecule has 1 unspecified atom stereocenters. The molecule has 2 rings (SSSR count). The maximum absolute atomic E-state index is 14.5. The Labute approximate surface area is 181 Å². The summed E-state index contributed by atoms with van der Waals surface area (Å²) < 4.78 is 62.6. The van der Waals surface area contributed by atoms with Gasteiger partial charge in [0.15, 0.2) is 11.3 Å². The van der Waals surface area contributed by atoms with E-state index in [9.17, 15) is 22.2 Å². The monoisotopic (exact) mass is 461 g/mol. The van der Waals surface area contributed by atoms with Crippen molar-refractivity contribution in [3.8, 4) is 5.75 Å². The maximum Gasteiger partial charge on any atom is 0.412 e. The quantitative estimate of drug-likeness (QED) is 0.559. The molecule has 0 aliphatic carbocycles. The third-order valence-electron chi connectivity index (χ3n) is 4.48. The minimum atomic E-state index is -4.93. The molecular formula is C21H23ClF3NO3S. The normalized spacial score (nSPS) is 15.3.